The molecular formula is C13H18N2O5. The highest BCUT2D eigenvalue weighted by Gasteiger charge is 2.10. The zero-order valence-corrected chi connectivity index (χ0v) is 11.3. The molecule has 0 bridgehead atoms. The van der Waals surface area contributed by atoms with Gasteiger partial charge in [-0.2, -0.15) is 0 Å². The van der Waals surface area contributed by atoms with E-state index in [0.717, 1.165) is 12.0 Å². The third kappa shape index (κ3) is 4.75. The monoisotopic (exact) mass is 282 g/mol. The van der Waals surface area contributed by atoms with Crippen LogP contribution in [0.25, 0.3) is 0 Å². The molecule has 0 fully saturated rings. The number of aromatic hydroxyl groups is 1. The molecule has 3 N–H and O–H groups in total. The number of aromatic nitrogens is 2. The summed E-state index contributed by atoms with van der Waals surface area (Å²) in [5.41, 5.74) is -0.533. The molecule has 0 spiro atoms. The Bertz CT molecular complexity index is 587. The first-order chi connectivity index (χ1) is 9.43. The van der Waals surface area contributed by atoms with Crippen LogP contribution in [-0.2, 0) is 16.0 Å². The Labute approximate surface area is 115 Å². The van der Waals surface area contributed by atoms with Gasteiger partial charge in [-0.25, -0.2) is 4.79 Å². The minimum absolute atomic E-state index is 0.0896. The zero-order chi connectivity index (χ0) is 15.1. The fraction of sp³-hybridized carbons (Fsp3) is 0.462. The minimum atomic E-state index is -0.748. The molecule has 0 aliphatic rings. The van der Waals surface area contributed by atoms with E-state index in [4.69, 9.17) is 4.74 Å². The van der Waals surface area contributed by atoms with Gasteiger partial charge in [-0.1, -0.05) is 12.2 Å². The van der Waals surface area contributed by atoms with E-state index in [1.807, 2.05) is 4.98 Å². The van der Waals surface area contributed by atoms with Gasteiger partial charge < -0.3 is 9.84 Å². The van der Waals surface area contributed by atoms with Crippen LogP contribution in [0.4, 0.5) is 0 Å². The van der Waals surface area contributed by atoms with Crippen LogP contribution in [0.2, 0.25) is 0 Å². The summed E-state index contributed by atoms with van der Waals surface area (Å²) in [6, 6.07) is 0. The third-order valence-corrected chi connectivity index (χ3v) is 2.87. The predicted molar refractivity (Wildman–Crippen MR) is 72.7 cm³/mol. The first-order valence-corrected chi connectivity index (χ1v) is 6.24. The number of nitrogens with one attached hydrogen (secondary N) is 2. The van der Waals surface area contributed by atoms with Crippen molar-refractivity contribution in [2.75, 3.05) is 0 Å². The van der Waals surface area contributed by atoms with Gasteiger partial charge in [0.2, 0.25) is 5.88 Å². The smallest absolute Gasteiger partial charge is 0.328 e. The number of aromatic amines is 2. The number of H-pyrrole nitrogens is 2. The van der Waals surface area contributed by atoms with Crippen LogP contribution in [-0.4, -0.2) is 27.7 Å². The second kappa shape index (κ2) is 7.32. The van der Waals surface area contributed by atoms with Crippen LogP contribution in [0.5, 0.6) is 5.88 Å². The third-order valence-electron chi connectivity index (χ3n) is 2.87. The van der Waals surface area contributed by atoms with Crippen molar-refractivity contribution < 1.29 is 14.6 Å². The second-order valence-corrected chi connectivity index (χ2v) is 4.60. The van der Waals surface area contributed by atoms with Crippen molar-refractivity contribution in [1.29, 1.82) is 0 Å². The normalized spacial score (nSPS) is 11.8. The molecule has 110 valence electrons. The van der Waals surface area contributed by atoms with Gasteiger partial charge >= 0.3 is 5.69 Å². The number of hydrogen-bond donors (Lipinski definition) is 3. The summed E-state index contributed by atoms with van der Waals surface area (Å²) in [6.45, 7) is 6.03. The second-order valence-electron chi connectivity index (χ2n) is 4.60. The molecule has 1 unspecified atom stereocenters. The fourth-order valence-electron chi connectivity index (χ4n) is 1.81. The topological polar surface area (TPSA) is 112 Å². The molecule has 1 atom stereocenters. The lowest BCUT2D eigenvalue weighted by Crippen LogP contribution is -2.25. The highest BCUT2D eigenvalue weighted by molar-refractivity contribution is 5.37. The highest BCUT2D eigenvalue weighted by Crippen LogP contribution is 2.15. The minimum Gasteiger partial charge on any atom is -0.494 e. The maximum absolute atomic E-state index is 11.5. The number of carbonyl (C=O) groups excluding carboxylic acids is 1. The lowest BCUT2D eigenvalue weighted by atomic mass is 10.0. The molecule has 0 saturated carbocycles. The van der Waals surface area contributed by atoms with Gasteiger partial charge in [0.15, 0.2) is 0 Å². The van der Waals surface area contributed by atoms with Crippen LogP contribution in [0.1, 0.15) is 31.7 Å². The number of ether oxygens (including phenoxy) is 1. The first kappa shape index (κ1) is 15.7. The fourth-order valence-corrected chi connectivity index (χ4v) is 1.81. The molecule has 0 radical (unpaired) electrons. The van der Waals surface area contributed by atoms with Crippen molar-refractivity contribution in [2.45, 2.75) is 38.7 Å². The molecule has 0 amide bonds. The Morgan fingerprint density at radius 3 is 2.75 bits per heavy atom. The molecule has 20 heavy (non-hydrogen) atoms. The van der Waals surface area contributed by atoms with E-state index in [2.05, 4.69) is 11.6 Å². The van der Waals surface area contributed by atoms with E-state index in [-0.39, 0.29) is 18.1 Å². The van der Waals surface area contributed by atoms with E-state index in [9.17, 15) is 19.5 Å². The van der Waals surface area contributed by atoms with E-state index in [1.54, 1.807) is 6.92 Å². The van der Waals surface area contributed by atoms with Crippen LogP contribution in [0.15, 0.2) is 21.7 Å². The summed E-state index contributed by atoms with van der Waals surface area (Å²) in [5, 5.41) is 9.53. The van der Waals surface area contributed by atoms with Gasteiger partial charge in [-0.15, -0.1) is 0 Å². The van der Waals surface area contributed by atoms with Crippen LogP contribution in [0, 0.1) is 0 Å². The molecule has 0 aliphatic carbocycles. The van der Waals surface area contributed by atoms with E-state index in [1.165, 1.54) is 0 Å². The maximum atomic E-state index is 11.5. The Kier molecular flexibility index (Phi) is 5.76. The van der Waals surface area contributed by atoms with E-state index < -0.39 is 17.1 Å². The Morgan fingerprint density at radius 1 is 1.45 bits per heavy atom. The van der Waals surface area contributed by atoms with Crippen LogP contribution in [0.3, 0.4) is 0 Å². The molecule has 1 heterocycles. The van der Waals surface area contributed by atoms with Crippen molar-refractivity contribution >= 4 is 6.47 Å². The molecule has 0 aromatic carbocycles. The molecule has 7 nitrogen and oxygen atoms in total. The molecule has 0 aliphatic heterocycles. The van der Waals surface area contributed by atoms with Crippen molar-refractivity contribution in [2.24, 2.45) is 0 Å². The van der Waals surface area contributed by atoms with Gasteiger partial charge in [0.25, 0.3) is 12.0 Å². The van der Waals surface area contributed by atoms with Crippen molar-refractivity contribution in [3.05, 3.63) is 38.6 Å². The largest absolute Gasteiger partial charge is 0.494 e. The predicted octanol–water partition coefficient (Wildman–Crippen LogP) is 0.599. The molecule has 0 saturated heterocycles. The summed E-state index contributed by atoms with van der Waals surface area (Å²) in [6.07, 6.45) is 2.08. The van der Waals surface area contributed by atoms with Crippen molar-refractivity contribution in [3.63, 3.8) is 0 Å². The quantitative estimate of drug-likeness (QED) is 0.477. The van der Waals surface area contributed by atoms with Crippen molar-refractivity contribution in [1.82, 2.24) is 9.97 Å². The summed E-state index contributed by atoms with van der Waals surface area (Å²) in [5.74, 6) is -0.433. The average molecular weight is 282 g/mol. The molecule has 1 aromatic heterocycles. The van der Waals surface area contributed by atoms with Gasteiger partial charge in [0.1, 0.15) is 0 Å². The highest BCUT2D eigenvalue weighted by atomic mass is 16.5. The van der Waals surface area contributed by atoms with E-state index >= 15 is 0 Å². The molecule has 7 heteroatoms. The number of carbonyl (C=O) groups is 1. The van der Waals surface area contributed by atoms with Gasteiger partial charge in [-0.05, 0) is 26.2 Å². The average Bonchev–Trinajstić information content (AvgIpc) is 2.34. The Morgan fingerprint density at radius 2 is 2.15 bits per heavy atom. The summed E-state index contributed by atoms with van der Waals surface area (Å²) >= 11 is 0. The van der Waals surface area contributed by atoms with Crippen LogP contribution < -0.4 is 11.2 Å². The Balaban J connectivity index is 2.53. The van der Waals surface area contributed by atoms with Crippen molar-refractivity contribution in [3.8, 4) is 5.88 Å². The lowest BCUT2D eigenvalue weighted by Gasteiger charge is -2.10. The number of rotatable bonds is 8. The van der Waals surface area contributed by atoms with Gasteiger partial charge in [0.05, 0.1) is 11.7 Å². The van der Waals surface area contributed by atoms with Gasteiger partial charge in [0, 0.05) is 6.42 Å². The Hall–Kier alpha value is -2.31. The number of allylic oxidation sites excluding steroid dienone is 1. The SMILES string of the molecule is C=C(CCCC(C)OC=O)Cc1c(O)[nH]c(=O)[nH]c1=O. The van der Waals surface area contributed by atoms with Crippen LogP contribution >= 0.6 is 0 Å². The summed E-state index contributed by atoms with van der Waals surface area (Å²) < 4.78 is 4.75. The van der Waals surface area contributed by atoms with Gasteiger partial charge in [-0.3, -0.25) is 19.6 Å². The van der Waals surface area contributed by atoms with E-state index in [0.29, 0.717) is 19.3 Å². The zero-order valence-electron chi connectivity index (χ0n) is 11.3. The molecule has 1 rings (SSSR count). The lowest BCUT2D eigenvalue weighted by molar-refractivity contribution is -0.133. The maximum Gasteiger partial charge on any atom is 0.328 e. The number of hydrogen-bond acceptors (Lipinski definition) is 5. The summed E-state index contributed by atoms with van der Waals surface area (Å²) in [7, 11) is 0. The summed E-state index contributed by atoms with van der Waals surface area (Å²) in [4.78, 5) is 36.7. The first-order valence-electron chi connectivity index (χ1n) is 6.24. The standard InChI is InChI=1S/C13H18N2O5/c1-8(4-3-5-9(2)20-7-16)6-10-11(17)14-13(19)15-12(10)18/h7,9H,1,3-6H2,2H3,(H3,14,15,17,18,19). The molecule has 1 aromatic rings. The molecular weight excluding hydrogens is 264 g/mol.